The van der Waals surface area contributed by atoms with Gasteiger partial charge >= 0.3 is 0 Å². The van der Waals surface area contributed by atoms with Crippen LogP contribution in [0, 0.1) is 36.5 Å². The van der Waals surface area contributed by atoms with Gasteiger partial charge in [0.05, 0.1) is 21.2 Å². The van der Waals surface area contributed by atoms with Gasteiger partial charge in [-0.2, -0.15) is 10.5 Å². The molecular weight excluding hydrogens is 795 g/mol. The highest BCUT2D eigenvalue weighted by Gasteiger charge is 2.17. The van der Waals surface area contributed by atoms with E-state index in [0.29, 0.717) is 57.3 Å². The van der Waals surface area contributed by atoms with Crippen molar-refractivity contribution in [3.8, 4) is 46.3 Å². The van der Waals surface area contributed by atoms with Crippen LogP contribution in [0.3, 0.4) is 0 Å². The van der Waals surface area contributed by atoms with Crippen molar-refractivity contribution in [2.24, 2.45) is 0 Å². The Balaban J connectivity index is 1.18. The molecule has 0 radical (unpaired) electrons. The van der Waals surface area contributed by atoms with Crippen LogP contribution < -0.4 is 29.6 Å². The lowest BCUT2D eigenvalue weighted by Gasteiger charge is -2.19. The summed E-state index contributed by atoms with van der Waals surface area (Å²) in [6, 6.07) is 27.6. The zero-order valence-corrected chi connectivity index (χ0v) is 35.6. The molecule has 2 aromatic heterocycles. The standard InChI is InChI=1S/C48H46Cl2N6O4/c1-5-53-25-39-15-43(49)47(17-45(39)57-27-35-13-33(19-51)21-55-23-35)59-29-37-9-7-11-41(31(37)3)42-12-8-10-38(32(42)4)30-60-48-18-46(40(16-44(48)50)26-54-6-2)58-28-36-14-34(20-52)22-56-24-36/h7-18,21-24,53-54H,5-6,25-30H2,1-4H3. The molecule has 0 atom stereocenters. The van der Waals surface area contributed by atoms with Crippen LogP contribution in [-0.2, 0) is 39.5 Å². The zero-order chi connectivity index (χ0) is 42.4. The van der Waals surface area contributed by atoms with Crippen molar-refractivity contribution in [3.63, 3.8) is 0 Å². The number of hydrogen-bond acceptors (Lipinski definition) is 10. The maximum absolute atomic E-state index is 9.30. The van der Waals surface area contributed by atoms with E-state index in [9.17, 15) is 10.5 Å². The third-order valence-electron chi connectivity index (χ3n) is 9.95. The second-order valence-electron chi connectivity index (χ2n) is 14.1. The van der Waals surface area contributed by atoms with Gasteiger partial charge in [-0.1, -0.05) is 73.4 Å². The molecule has 2 heterocycles. The molecule has 6 rings (SSSR count). The largest absolute Gasteiger partial charge is 0.488 e. The number of nitrogens with one attached hydrogen (secondary N) is 2. The SMILES string of the molecule is CCNCc1cc(Cl)c(OCc2cccc(-c3cccc(COc4cc(OCc5cncc(C#N)c5)c(CNCC)cc4Cl)c3C)c2C)cc1OCc1cncc(C#N)c1. The fourth-order valence-electron chi connectivity index (χ4n) is 6.59. The number of pyridine rings is 2. The smallest absolute Gasteiger partial charge is 0.142 e. The van der Waals surface area contributed by atoms with Crippen molar-refractivity contribution in [1.29, 1.82) is 10.5 Å². The Kier molecular flexibility index (Phi) is 15.4. The Morgan fingerprint density at radius 2 is 0.950 bits per heavy atom. The summed E-state index contributed by atoms with van der Waals surface area (Å²) < 4.78 is 25.2. The molecule has 60 heavy (non-hydrogen) atoms. The lowest BCUT2D eigenvalue weighted by molar-refractivity contribution is 0.286. The number of aromatic nitrogens is 2. The fraction of sp³-hybridized carbons (Fsp3) is 0.250. The number of nitriles is 2. The topological polar surface area (TPSA) is 134 Å². The molecule has 0 aliphatic carbocycles. The molecule has 4 aromatic carbocycles. The molecule has 0 fully saturated rings. The van der Waals surface area contributed by atoms with Crippen LogP contribution in [-0.4, -0.2) is 23.1 Å². The number of nitrogens with zero attached hydrogens (tertiary/aromatic N) is 4. The van der Waals surface area contributed by atoms with Crippen LogP contribution in [0.25, 0.3) is 11.1 Å². The lowest BCUT2D eigenvalue weighted by atomic mass is 9.92. The minimum atomic E-state index is 0.233. The molecule has 0 aliphatic rings. The van der Waals surface area contributed by atoms with Gasteiger partial charge in [-0.15, -0.1) is 0 Å². The summed E-state index contributed by atoms with van der Waals surface area (Å²) in [5.74, 6) is 2.27. The van der Waals surface area contributed by atoms with Gasteiger partial charge < -0.3 is 29.6 Å². The van der Waals surface area contributed by atoms with Crippen LogP contribution in [0.1, 0.15) is 69.5 Å². The third kappa shape index (κ3) is 11.1. The van der Waals surface area contributed by atoms with E-state index in [1.807, 2.05) is 50.2 Å². The molecule has 0 saturated heterocycles. The van der Waals surface area contributed by atoms with Crippen molar-refractivity contribution < 1.29 is 18.9 Å². The first kappa shape index (κ1) is 43.4. The van der Waals surface area contributed by atoms with E-state index < -0.39 is 0 Å². The van der Waals surface area contributed by atoms with Gasteiger partial charge in [0.15, 0.2) is 0 Å². The van der Waals surface area contributed by atoms with E-state index in [2.05, 4.69) is 70.9 Å². The Bertz CT molecular complexity index is 2360. The Morgan fingerprint density at radius 3 is 1.35 bits per heavy atom. The average Bonchev–Trinajstić information content (AvgIpc) is 3.27. The van der Waals surface area contributed by atoms with Gasteiger partial charge in [-0.25, -0.2) is 0 Å². The van der Waals surface area contributed by atoms with E-state index in [1.54, 1.807) is 24.5 Å². The van der Waals surface area contributed by atoms with E-state index in [-0.39, 0.29) is 26.4 Å². The van der Waals surface area contributed by atoms with Crippen LogP contribution in [0.4, 0.5) is 0 Å². The molecule has 12 heteroatoms. The normalized spacial score (nSPS) is 10.8. The molecule has 0 bridgehead atoms. The van der Waals surface area contributed by atoms with E-state index >= 15 is 0 Å². The quantitative estimate of drug-likeness (QED) is 0.0812. The van der Waals surface area contributed by atoms with Crippen molar-refractivity contribution >= 4 is 23.2 Å². The summed E-state index contributed by atoms with van der Waals surface area (Å²) in [5, 5.41) is 26.2. The number of hydrogen-bond donors (Lipinski definition) is 2. The van der Waals surface area contributed by atoms with E-state index in [1.165, 1.54) is 12.4 Å². The maximum atomic E-state index is 9.30. The fourth-order valence-corrected chi connectivity index (χ4v) is 7.07. The third-order valence-corrected chi connectivity index (χ3v) is 10.5. The highest BCUT2D eigenvalue weighted by atomic mass is 35.5. The van der Waals surface area contributed by atoms with Crippen LogP contribution in [0.5, 0.6) is 23.0 Å². The van der Waals surface area contributed by atoms with Crippen LogP contribution >= 0.6 is 23.2 Å². The second-order valence-corrected chi connectivity index (χ2v) is 14.9. The number of rotatable bonds is 19. The first-order valence-electron chi connectivity index (χ1n) is 19.6. The van der Waals surface area contributed by atoms with Crippen molar-refractivity contribution in [3.05, 3.63) is 163 Å². The van der Waals surface area contributed by atoms with E-state index in [0.717, 1.165) is 68.7 Å². The Hall–Kier alpha value is -6.14. The van der Waals surface area contributed by atoms with Gasteiger partial charge in [0.1, 0.15) is 61.6 Å². The second kappa shape index (κ2) is 21.2. The number of benzene rings is 4. The molecule has 306 valence electrons. The molecule has 0 saturated carbocycles. The monoisotopic (exact) mass is 840 g/mol. The van der Waals surface area contributed by atoms with Crippen LogP contribution in [0.15, 0.2) is 97.6 Å². The van der Waals surface area contributed by atoms with Gasteiger partial charge in [0.25, 0.3) is 0 Å². The molecular formula is C48H46Cl2N6O4. The van der Waals surface area contributed by atoms with Crippen molar-refractivity contribution in [2.45, 2.75) is 67.2 Å². The number of ether oxygens (including phenoxy) is 4. The van der Waals surface area contributed by atoms with Gasteiger partial charge in [0, 0.05) is 72.3 Å². The average molecular weight is 842 g/mol. The summed E-state index contributed by atoms with van der Waals surface area (Å²) in [5.41, 5.74) is 10.6. The molecule has 2 N–H and O–H groups in total. The summed E-state index contributed by atoms with van der Waals surface area (Å²) in [7, 11) is 0. The lowest BCUT2D eigenvalue weighted by Crippen LogP contribution is -2.13. The molecule has 0 spiro atoms. The molecule has 0 aliphatic heterocycles. The molecule has 10 nitrogen and oxygen atoms in total. The predicted molar refractivity (Wildman–Crippen MR) is 234 cm³/mol. The first-order valence-corrected chi connectivity index (χ1v) is 20.4. The molecule has 0 unspecified atom stereocenters. The number of halogens is 2. The minimum absolute atomic E-state index is 0.233. The zero-order valence-electron chi connectivity index (χ0n) is 34.1. The van der Waals surface area contributed by atoms with Crippen molar-refractivity contribution in [2.75, 3.05) is 13.1 Å². The highest BCUT2D eigenvalue weighted by molar-refractivity contribution is 6.32. The molecule has 6 aromatic rings. The minimum Gasteiger partial charge on any atom is -0.488 e. The Labute approximate surface area is 361 Å². The van der Waals surface area contributed by atoms with Crippen LogP contribution in [0.2, 0.25) is 10.0 Å². The predicted octanol–water partition coefficient (Wildman–Crippen LogP) is 10.3. The summed E-state index contributed by atoms with van der Waals surface area (Å²) >= 11 is 13.6. The van der Waals surface area contributed by atoms with E-state index in [4.69, 9.17) is 42.1 Å². The summed E-state index contributed by atoms with van der Waals surface area (Å²) in [6.45, 7) is 12.0. The van der Waals surface area contributed by atoms with Gasteiger partial charge in [-0.3, -0.25) is 9.97 Å². The first-order chi connectivity index (χ1) is 29.2. The highest BCUT2D eigenvalue weighted by Crippen LogP contribution is 2.37. The maximum Gasteiger partial charge on any atom is 0.142 e. The summed E-state index contributed by atoms with van der Waals surface area (Å²) in [6.07, 6.45) is 6.42. The Morgan fingerprint density at radius 1 is 0.533 bits per heavy atom. The van der Waals surface area contributed by atoms with Gasteiger partial charge in [0.2, 0.25) is 0 Å². The summed E-state index contributed by atoms with van der Waals surface area (Å²) in [4.78, 5) is 8.30. The molecule has 0 amide bonds. The van der Waals surface area contributed by atoms with Gasteiger partial charge in [-0.05, 0) is 84.6 Å². The van der Waals surface area contributed by atoms with Crippen molar-refractivity contribution in [1.82, 2.24) is 20.6 Å².